The minimum absolute atomic E-state index is 0.00881. The minimum Gasteiger partial charge on any atom is -0.457 e. The first kappa shape index (κ1) is 13.1. The van der Waals surface area contributed by atoms with Gasteiger partial charge >= 0.3 is 0 Å². The number of carbonyl (C=O) groups is 1. The molecule has 2 aromatic rings. The van der Waals surface area contributed by atoms with Gasteiger partial charge in [0.05, 0.1) is 0 Å². The van der Waals surface area contributed by atoms with Crippen molar-refractivity contribution >= 4 is 5.78 Å². The lowest BCUT2D eigenvalue weighted by atomic mass is 10.1. The van der Waals surface area contributed by atoms with Crippen LogP contribution in [0.15, 0.2) is 61.2 Å². The van der Waals surface area contributed by atoms with E-state index in [1.54, 1.807) is 0 Å². The molecule has 0 aliphatic carbocycles. The van der Waals surface area contributed by atoms with Crippen LogP contribution in [-0.4, -0.2) is 5.78 Å². The monoisotopic (exact) mass is 252 g/mol. The van der Waals surface area contributed by atoms with Crippen molar-refractivity contribution in [1.29, 1.82) is 0 Å². The Balaban J connectivity index is 2.22. The smallest absolute Gasteiger partial charge is 0.159 e. The molecule has 19 heavy (non-hydrogen) atoms. The third-order valence-electron chi connectivity index (χ3n) is 2.83. The van der Waals surface area contributed by atoms with E-state index in [1.165, 1.54) is 6.08 Å². The van der Waals surface area contributed by atoms with Crippen LogP contribution < -0.4 is 4.74 Å². The van der Waals surface area contributed by atoms with Gasteiger partial charge in [0, 0.05) is 6.42 Å². The Morgan fingerprint density at radius 2 is 1.95 bits per heavy atom. The Bertz CT molecular complexity index is 585. The van der Waals surface area contributed by atoms with Crippen molar-refractivity contribution < 1.29 is 9.53 Å². The summed E-state index contributed by atoms with van der Waals surface area (Å²) in [7, 11) is 0. The van der Waals surface area contributed by atoms with Crippen LogP contribution in [-0.2, 0) is 11.2 Å². The van der Waals surface area contributed by atoms with Gasteiger partial charge in [-0.15, -0.1) is 0 Å². The van der Waals surface area contributed by atoms with Crippen molar-refractivity contribution in [2.45, 2.75) is 13.3 Å². The lowest BCUT2D eigenvalue weighted by Gasteiger charge is -2.10. The Hall–Kier alpha value is -2.35. The van der Waals surface area contributed by atoms with Crippen LogP contribution in [0.5, 0.6) is 11.5 Å². The van der Waals surface area contributed by atoms with Crippen molar-refractivity contribution in [1.82, 2.24) is 0 Å². The Morgan fingerprint density at radius 3 is 2.63 bits per heavy atom. The third-order valence-corrected chi connectivity index (χ3v) is 2.83. The fraction of sp³-hybridized carbons (Fsp3) is 0.118. The number of ether oxygens (including phenoxy) is 1. The maximum atomic E-state index is 11.4. The summed E-state index contributed by atoms with van der Waals surface area (Å²) < 4.78 is 5.83. The van der Waals surface area contributed by atoms with E-state index in [0.717, 1.165) is 22.6 Å². The van der Waals surface area contributed by atoms with E-state index in [1.807, 2.05) is 55.5 Å². The Morgan fingerprint density at radius 1 is 1.21 bits per heavy atom. The van der Waals surface area contributed by atoms with E-state index in [9.17, 15) is 4.79 Å². The van der Waals surface area contributed by atoms with Gasteiger partial charge in [0.25, 0.3) is 0 Å². The van der Waals surface area contributed by atoms with Gasteiger partial charge in [-0.3, -0.25) is 4.79 Å². The molecule has 0 unspecified atom stereocenters. The number of para-hydroxylation sites is 1. The summed E-state index contributed by atoms with van der Waals surface area (Å²) in [5.41, 5.74) is 1.97. The Labute approximate surface area is 113 Å². The van der Waals surface area contributed by atoms with E-state index < -0.39 is 0 Å². The van der Waals surface area contributed by atoms with Crippen molar-refractivity contribution in [3.8, 4) is 11.5 Å². The van der Waals surface area contributed by atoms with E-state index in [4.69, 9.17) is 4.74 Å². The van der Waals surface area contributed by atoms with Gasteiger partial charge in [-0.1, -0.05) is 36.9 Å². The van der Waals surface area contributed by atoms with E-state index in [0.29, 0.717) is 6.42 Å². The van der Waals surface area contributed by atoms with E-state index in [-0.39, 0.29) is 5.78 Å². The summed E-state index contributed by atoms with van der Waals surface area (Å²) in [6.45, 7) is 5.47. The molecule has 0 heterocycles. The second-order valence-corrected chi connectivity index (χ2v) is 4.36. The van der Waals surface area contributed by atoms with Gasteiger partial charge in [-0.25, -0.2) is 0 Å². The number of allylic oxidation sites excluding steroid dienone is 1. The second-order valence-electron chi connectivity index (χ2n) is 4.36. The predicted molar refractivity (Wildman–Crippen MR) is 76.6 cm³/mol. The lowest BCUT2D eigenvalue weighted by Crippen LogP contribution is -1.98. The fourth-order valence-electron chi connectivity index (χ4n) is 1.75. The number of ketones is 1. The molecule has 0 N–H and O–H groups in total. The van der Waals surface area contributed by atoms with Gasteiger partial charge in [0.2, 0.25) is 0 Å². The summed E-state index contributed by atoms with van der Waals surface area (Å²) in [5, 5.41) is 0. The molecule has 0 aliphatic rings. The van der Waals surface area contributed by atoms with Crippen LogP contribution >= 0.6 is 0 Å². The molecule has 0 bridgehead atoms. The molecule has 2 heteroatoms. The molecule has 2 nitrogen and oxygen atoms in total. The van der Waals surface area contributed by atoms with E-state index >= 15 is 0 Å². The molecule has 0 saturated carbocycles. The molecule has 2 rings (SSSR count). The third kappa shape index (κ3) is 3.55. The highest BCUT2D eigenvalue weighted by Gasteiger charge is 2.05. The molecule has 96 valence electrons. The molecule has 0 saturated heterocycles. The zero-order valence-corrected chi connectivity index (χ0v) is 10.9. The van der Waals surface area contributed by atoms with Crippen molar-refractivity contribution in [2.75, 3.05) is 0 Å². The molecule has 0 aliphatic heterocycles. The SMILES string of the molecule is C=CC(=O)Cc1ccc(C)c(Oc2ccccc2)c1. The summed E-state index contributed by atoms with van der Waals surface area (Å²) in [6, 6.07) is 15.4. The van der Waals surface area contributed by atoms with Crippen LogP contribution in [0, 0.1) is 6.92 Å². The zero-order valence-electron chi connectivity index (χ0n) is 10.9. The predicted octanol–water partition coefficient (Wildman–Crippen LogP) is 4.08. The highest BCUT2D eigenvalue weighted by Crippen LogP contribution is 2.26. The van der Waals surface area contributed by atoms with Gasteiger partial charge in [-0.2, -0.15) is 0 Å². The molecule has 0 atom stereocenters. The normalized spacial score (nSPS) is 9.95. The maximum absolute atomic E-state index is 11.4. The number of benzene rings is 2. The first-order chi connectivity index (χ1) is 9.19. The van der Waals surface area contributed by atoms with E-state index in [2.05, 4.69) is 6.58 Å². The maximum Gasteiger partial charge on any atom is 0.159 e. The first-order valence-corrected chi connectivity index (χ1v) is 6.17. The van der Waals surface area contributed by atoms with Gasteiger partial charge in [0.1, 0.15) is 11.5 Å². The quantitative estimate of drug-likeness (QED) is 0.749. The number of hydrogen-bond donors (Lipinski definition) is 0. The number of rotatable bonds is 5. The van der Waals surface area contributed by atoms with Gasteiger partial charge in [0.15, 0.2) is 5.78 Å². The lowest BCUT2D eigenvalue weighted by molar-refractivity contribution is -0.114. The second kappa shape index (κ2) is 6.01. The van der Waals surface area contributed by atoms with Crippen molar-refractivity contribution in [2.24, 2.45) is 0 Å². The largest absolute Gasteiger partial charge is 0.457 e. The van der Waals surface area contributed by atoms with Crippen LogP contribution in [0.1, 0.15) is 11.1 Å². The number of hydrogen-bond acceptors (Lipinski definition) is 2. The van der Waals surface area contributed by atoms with Crippen LogP contribution in [0.25, 0.3) is 0 Å². The molecular weight excluding hydrogens is 236 g/mol. The molecule has 0 spiro atoms. The molecule has 0 aromatic heterocycles. The average molecular weight is 252 g/mol. The molecular formula is C17H16O2. The summed E-state index contributed by atoms with van der Waals surface area (Å²) in [5.74, 6) is 1.58. The number of aryl methyl sites for hydroxylation is 1. The molecule has 0 radical (unpaired) electrons. The standard InChI is InChI=1S/C17H16O2/c1-3-15(18)11-14-10-9-13(2)17(12-14)19-16-7-5-4-6-8-16/h3-10,12H,1,11H2,2H3. The minimum atomic E-state index is 0.00881. The highest BCUT2D eigenvalue weighted by atomic mass is 16.5. The van der Waals surface area contributed by atoms with Crippen LogP contribution in [0.2, 0.25) is 0 Å². The fourth-order valence-corrected chi connectivity index (χ4v) is 1.75. The average Bonchev–Trinajstić information content (AvgIpc) is 2.43. The van der Waals surface area contributed by atoms with Crippen LogP contribution in [0.4, 0.5) is 0 Å². The summed E-state index contributed by atoms with van der Waals surface area (Å²) >= 11 is 0. The zero-order chi connectivity index (χ0) is 13.7. The van der Waals surface area contributed by atoms with Crippen molar-refractivity contribution in [3.63, 3.8) is 0 Å². The van der Waals surface area contributed by atoms with Crippen LogP contribution in [0.3, 0.4) is 0 Å². The molecule has 0 amide bonds. The van der Waals surface area contributed by atoms with Gasteiger partial charge in [-0.05, 0) is 42.3 Å². The summed E-state index contributed by atoms with van der Waals surface area (Å²) in [4.78, 5) is 11.4. The number of carbonyl (C=O) groups excluding carboxylic acids is 1. The Kier molecular flexibility index (Phi) is 4.14. The summed E-state index contributed by atoms with van der Waals surface area (Å²) in [6.07, 6.45) is 1.70. The first-order valence-electron chi connectivity index (χ1n) is 6.17. The molecule has 0 fully saturated rings. The van der Waals surface area contributed by atoms with Crippen molar-refractivity contribution in [3.05, 3.63) is 72.3 Å². The van der Waals surface area contributed by atoms with Gasteiger partial charge < -0.3 is 4.74 Å². The highest BCUT2D eigenvalue weighted by molar-refractivity contribution is 5.90. The topological polar surface area (TPSA) is 26.3 Å². The molecule has 2 aromatic carbocycles.